The van der Waals surface area contributed by atoms with E-state index in [4.69, 9.17) is 9.47 Å². The Balaban J connectivity index is 1.93. The van der Waals surface area contributed by atoms with Crippen LogP contribution in [-0.2, 0) is 4.79 Å². The van der Waals surface area contributed by atoms with E-state index in [0.717, 1.165) is 24.2 Å². The van der Waals surface area contributed by atoms with Crippen molar-refractivity contribution in [2.24, 2.45) is 0 Å². The van der Waals surface area contributed by atoms with Crippen LogP contribution in [0.1, 0.15) is 42.6 Å². The number of carbonyl (C=O) groups is 2. The zero-order valence-corrected chi connectivity index (χ0v) is 14.5. The van der Waals surface area contributed by atoms with Crippen molar-refractivity contribution in [1.29, 1.82) is 0 Å². The Bertz CT molecular complexity index is 727. The molecular formula is C21H22O4. The molecule has 0 aliphatic heterocycles. The SMILES string of the molecule is CCCCOc1ccc(C(=O)Oc2ccc(/C=C/C(C)=O)cc2)cc1. The van der Waals surface area contributed by atoms with E-state index in [9.17, 15) is 9.59 Å². The van der Waals surface area contributed by atoms with Crippen molar-refractivity contribution in [3.05, 3.63) is 65.7 Å². The molecule has 2 rings (SSSR count). The largest absolute Gasteiger partial charge is 0.494 e. The van der Waals surface area contributed by atoms with Gasteiger partial charge in [0.15, 0.2) is 5.78 Å². The molecule has 0 aliphatic carbocycles. The second-order valence-corrected chi connectivity index (χ2v) is 5.63. The maximum Gasteiger partial charge on any atom is 0.343 e. The number of hydrogen-bond acceptors (Lipinski definition) is 4. The Morgan fingerprint density at radius 1 is 0.960 bits per heavy atom. The summed E-state index contributed by atoms with van der Waals surface area (Å²) in [7, 11) is 0. The first-order valence-electron chi connectivity index (χ1n) is 8.32. The summed E-state index contributed by atoms with van der Waals surface area (Å²) in [5.41, 5.74) is 1.33. The van der Waals surface area contributed by atoms with Gasteiger partial charge < -0.3 is 9.47 Å². The fourth-order valence-corrected chi connectivity index (χ4v) is 2.05. The van der Waals surface area contributed by atoms with Crippen molar-refractivity contribution in [3.8, 4) is 11.5 Å². The Morgan fingerprint density at radius 3 is 2.20 bits per heavy atom. The number of carbonyl (C=O) groups excluding carboxylic acids is 2. The van der Waals surface area contributed by atoms with Gasteiger partial charge in [0.1, 0.15) is 11.5 Å². The summed E-state index contributed by atoms with van der Waals surface area (Å²) in [6, 6.07) is 13.9. The molecule has 0 amide bonds. The molecule has 0 spiro atoms. The molecule has 0 atom stereocenters. The molecule has 0 aliphatic rings. The van der Waals surface area contributed by atoms with Crippen LogP contribution in [-0.4, -0.2) is 18.4 Å². The zero-order valence-electron chi connectivity index (χ0n) is 14.5. The minimum atomic E-state index is -0.424. The third kappa shape index (κ3) is 6.26. The molecular weight excluding hydrogens is 316 g/mol. The van der Waals surface area contributed by atoms with E-state index in [1.165, 1.54) is 13.0 Å². The molecule has 0 unspecified atom stereocenters. The van der Waals surface area contributed by atoms with Crippen molar-refractivity contribution in [2.75, 3.05) is 6.61 Å². The maximum atomic E-state index is 12.2. The van der Waals surface area contributed by atoms with Gasteiger partial charge in [-0.3, -0.25) is 4.79 Å². The van der Waals surface area contributed by atoms with Crippen LogP contribution < -0.4 is 9.47 Å². The molecule has 0 bridgehead atoms. The second-order valence-electron chi connectivity index (χ2n) is 5.63. The van der Waals surface area contributed by atoms with E-state index >= 15 is 0 Å². The van der Waals surface area contributed by atoms with Crippen LogP contribution in [0.5, 0.6) is 11.5 Å². The Hall–Kier alpha value is -2.88. The van der Waals surface area contributed by atoms with Crippen LogP contribution in [0.3, 0.4) is 0 Å². The topological polar surface area (TPSA) is 52.6 Å². The van der Waals surface area contributed by atoms with E-state index in [2.05, 4.69) is 6.92 Å². The van der Waals surface area contributed by atoms with Crippen molar-refractivity contribution in [2.45, 2.75) is 26.7 Å². The number of unbranched alkanes of at least 4 members (excludes halogenated alkanes) is 1. The second kappa shape index (κ2) is 9.42. The molecule has 4 heteroatoms. The van der Waals surface area contributed by atoms with Crippen LogP contribution >= 0.6 is 0 Å². The molecule has 4 nitrogen and oxygen atoms in total. The number of esters is 1. The molecule has 2 aromatic rings. The first-order chi connectivity index (χ1) is 12.1. The predicted molar refractivity (Wildman–Crippen MR) is 98.0 cm³/mol. The maximum absolute atomic E-state index is 12.2. The van der Waals surface area contributed by atoms with E-state index in [1.807, 2.05) is 0 Å². The van der Waals surface area contributed by atoms with Crippen LogP contribution in [0.15, 0.2) is 54.6 Å². The number of allylic oxidation sites excluding steroid dienone is 1. The molecule has 0 saturated carbocycles. The van der Waals surface area contributed by atoms with Crippen LogP contribution in [0.2, 0.25) is 0 Å². The minimum Gasteiger partial charge on any atom is -0.494 e. The van der Waals surface area contributed by atoms with E-state index in [0.29, 0.717) is 17.9 Å². The van der Waals surface area contributed by atoms with Crippen LogP contribution in [0, 0.1) is 0 Å². The van der Waals surface area contributed by atoms with Gasteiger partial charge in [-0.05, 0) is 61.4 Å². The summed E-state index contributed by atoms with van der Waals surface area (Å²) in [6.45, 7) is 4.27. The fourth-order valence-electron chi connectivity index (χ4n) is 2.05. The molecule has 0 saturated heterocycles. The summed E-state index contributed by atoms with van der Waals surface area (Å²) in [6.07, 6.45) is 5.28. The molecule has 0 aromatic heterocycles. The highest BCUT2D eigenvalue weighted by atomic mass is 16.5. The van der Waals surface area contributed by atoms with Gasteiger partial charge >= 0.3 is 5.97 Å². The smallest absolute Gasteiger partial charge is 0.343 e. The fraction of sp³-hybridized carbons (Fsp3) is 0.238. The van der Waals surface area contributed by atoms with Gasteiger partial charge in [0.2, 0.25) is 0 Å². The van der Waals surface area contributed by atoms with Gasteiger partial charge in [-0.2, -0.15) is 0 Å². The normalized spacial score (nSPS) is 10.6. The van der Waals surface area contributed by atoms with Crippen LogP contribution in [0.4, 0.5) is 0 Å². The van der Waals surface area contributed by atoms with E-state index < -0.39 is 5.97 Å². The van der Waals surface area contributed by atoms with Gasteiger partial charge in [0.25, 0.3) is 0 Å². The Morgan fingerprint density at radius 2 is 1.60 bits per heavy atom. The third-order valence-electron chi connectivity index (χ3n) is 3.46. The molecule has 25 heavy (non-hydrogen) atoms. The highest BCUT2D eigenvalue weighted by molar-refractivity contribution is 5.92. The summed E-state index contributed by atoms with van der Waals surface area (Å²) in [5, 5.41) is 0. The van der Waals surface area contributed by atoms with Gasteiger partial charge in [0.05, 0.1) is 12.2 Å². The highest BCUT2D eigenvalue weighted by Gasteiger charge is 2.08. The van der Waals surface area contributed by atoms with Gasteiger partial charge in [-0.15, -0.1) is 0 Å². The molecule has 2 aromatic carbocycles. The molecule has 0 fully saturated rings. The van der Waals surface area contributed by atoms with Crippen molar-refractivity contribution < 1.29 is 19.1 Å². The third-order valence-corrected chi connectivity index (χ3v) is 3.46. The monoisotopic (exact) mass is 338 g/mol. The summed E-state index contributed by atoms with van der Waals surface area (Å²) >= 11 is 0. The summed E-state index contributed by atoms with van der Waals surface area (Å²) < 4.78 is 10.9. The molecule has 0 radical (unpaired) electrons. The lowest BCUT2D eigenvalue weighted by Gasteiger charge is -2.07. The number of ketones is 1. The number of ether oxygens (including phenoxy) is 2. The Kier molecular flexibility index (Phi) is 6.96. The quantitative estimate of drug-likeness (QED) is 0.303. The van der Waals surface area contributed by atoms with E-state index in [1.54, 1.807) is 54.6 Å². The first-order valence-corrected chi connectivity index (χ1v) is 8.32. The van der Waals surface area contributed by atoms with Crippen molar-refractivity contribution in [1.82, 2.24) is 0 Å². The number of rotatable bonds is 8. The minimum absolute atomic E-state index is 0.0161. The molecule has 130 valence electrons. The zero-order chi connectivity index (χ0) is 18.1. The average Bonchev–Trinajstić information content (AvgIpc) is 2.62. The van der Waals surface area contributed by atoms with Gasteiger partial charge in [-0.25, -0.2) is 4.79 Å². The predicted octanol–water partition coefficient (Wildman–Crippen LogP) is 4.69. The lowest BCUT2D eigenvalue weighted by molar-refractivity contribution is -0.112. The molecule has 0 heterocycles. The van der Waals surface area contributed by atoms with Gasteiger partial charge in [-0.1, -0.05) is 31.6 Å². The average molecular weight is 338 g/mol. The highest BCUT2D eigenvalue weighted by Crippen LogP contribution is 2.17. The summed E-state index contributed by atoms with van der Waals surface area (Å²) in [4.78, 5) is 23.1. The number of hydrogen-bond donors (Lipinski definition) is 0. The number of benzene rings is 2. The lowest BCUT2D eigenvalue weighted by Crippen LogP contribution is -2.08. The van der Waals surface area contributed by atoms with Crippen molar-refractivity contribution in [3.63, 3.8) is 0 Å². The first kappa shape index (κ1) is 18.5. The molecule has 0 N–H and O–H groups in total. The summed E-state index contributed by atoms with van der Waals surface area (Å²) in [5.74, 6) is 0.754. The van der Waals surface area contributed by atoms with Crippen molar-refractivity contribution >= 4 is 17.8 Å². The Labute approximate surface area is 148 Å². The van der Waals surface area contributed by atoms with Crippen LogP contribution in [0.25, 0.3) is 6.08 Å². The lowest BCUT2D eigenvalue weighted by atomic mass is 10.2. The standard InChI is InChI=1S/C21H22O4/c1-3-4-15-24-19-13-9-18(10-14-19)21(23)25-20-11-7-17(8-12-20)6-5-16(2)22/h5-14H,3-4,15H2,1-2H3/b6-5+. The van der Waals surface area contributed by atoms with Gasteiger partial charge in [0, 0.05) is 0 Å². The van der Waals surface area contributed by atoms with E-state index in [-0.39, 0.29) is 5.78 Å².